The molecule has 6 rings (SSSR count). The molecule has 0 aliphatic carbocycles. The topological polar surface area (TPSA) is 177 Å². The molecule has 5 amide bonds. The number of aromatic nitrogens is 1. The summed E-state index contributed by atoms with van der Waals surface area (Å²) in [6, 6.07) is 17.6. The summed E-state index contributed by atoms with van der Waals surface area (Å²) >= 11 is 1.16. The van der Waals surface area contributed by atoms with E-state index in [4.69, 9.17) is 9.84 Å². The molecule has 13 nitrogen and oxygen atoms in total. The zero-order valence-corrected chi connectivity index (χ0v) is 27.8. The number of urea groups is 1. The molecule has 0 saturated carbocycles. The molecular formula is C35H33N7O6S. The van der Waals surface area contributed by atoms with Crippen molar-refractivity contribution in [1.82, 2.24) is 20.5 Å². The molecule has 2 aromatic carbocycles. The molecule has 250 valence electrons. The Hall–Kier alpha value is -5.94. The fourth-order valence-corrected chi connectivity index (χ4v) is 7.09. The molecule has 1 atom stereocenters. The number of benzene rings is 2. The molecular weight excluding hydrogens is 646 g/mol. The monoisotopic (exact) mass is 679 g/mol. The highest BCUT2D eigenvalue weighted by molar-refractivity contribution is 7.21. The van der Waals surface area contributed by atoms with E-state index in [2.05, 4.69) is 20.9 Å². The van der Waals surface area contributed by atoms with Crippen LogP contribution in [0.3, 0.4) is 0 Å². The Kier molecular flexibility index (Phi) is 8.94. The molecule has 4 heterocycles. The fraction of sp³-hybridized carbons (Fsp3) is 0.257. The van der Waals surface area contributed by atoms with Gasteiger partial charge in [-0.3, -0.25) is 14.5 Å². The number of amides is 5. The van der Waals surface area contributed by atoms with Crippen molar-refractivity contribution in [3.63, 3.8) is 0 Å². The van der Waals surface area contributed by atoms with E-state index in [0.29, 0.717) is 58.2 Å². The minimum atomic E-state index is -1.28. The molecule has 0 bridgehead atoms. The minimum absolute atomic E-state index is 0.156. The molecule has 0 spiro atoms. The molecule has 49 heavy (non-hydrogen) atoms. The van der Waals surface area contributed by atoms with Crippen LogP contribution >= 0.6 is 11.3 Å². The van der Waals surface area contributed by atoms with E-state index in [1.54, 1.807) is 37.1 Å². The molecule has 1 saturated heterocycles. The largest absolute Gasteiger partial charge is 0.465 e. The van der Waals surface area contributed by atoms with Gasteiger partial charge in [-0.1, -0.05) is 18.2 Å². The standard InChI is InChI=1S/C35H33N7O6S/c1-20-16-24(48-23-9-5-4-6-10-23)11-12-25(20)42-26-13-14-37-31-27(26)28(39-33(42)45)29(49-31)30(43)38-22-8-7-15-41(19-22)32(44)21(18-36)17-35(2,3)40-34(46)47/h4-6,9-14,16-17,22,40H,7-8,15,19H2,1-3H3,(H,38,43)(H,39,45)(H,46,47)/b21-17+. The van der Waals surface area contributed by atoms with E-state index in [-0.39, 0.29) is 17.0 Å². The number of nitriles is 1. The van der Waals surface area contributed by atoms with Crippen molar-refractivity contribution >= 4 is 62.6 Å². The highest BCUT2D eigenvalue weighted by Gasteiger charge is 2.35. The Morgan fingerprint density at radius 3 is 2.63 bits per heavy atom. The molecule has 1 fully saturated rings. The minimum Gasteiger partial charge on any atom is -0.465 e. The first kappa shape index (κ1) is 33.0. The van der Waals surface area contributed by atoms with Crippen LogP contribution in [-0.4, -0.2) is 63.6 Å². The molecule has 14 heteroatoms. The normalized spacial score (nSPS) is 16.1. The van der Waals surface area contributed by atoms with Crippen molar-refractivity contribution in [2.45, 2.75) is 45.2 Å². The maximum Gasteiger partial charge on any atom is 0.405 e. The van der Waals surface area contributed by atoms with Crippen LogP contribution in [0.25, 0.3) is 10.2 Å². The van der Waals surface area contributed by atoms with Crippen molar-refractivity contribution < 1.29 is 29.0 Å². The molecule has 2 aliphatic rings. The van der Waals surface area contributed by atoms with Gasteiger partial charge in [-0.2, -0.15) is 5.26 Å². The van der Waals surface area contributed by atoms with Crippen molar-refractivity contribution in [1.29, 1.82) is 5.26 Å². The number of nitrogens with one attached hydrogen (secondary N) is 3. The summed E-state index contributed by atoms with van der Waals surface area (Å²) in [7, 11) is 0. The van der Waals surface area contributed by atoms with Gasteiger partial charge in [0.25, 0.3) is 11.8 Å². The molecule has 4 aromatic rings. The summed E-state index contributed by atoms with van der Waals surface area (Å²) in [4.78, 5) is 60.2. The average Bonchev–Trinajstić information content (AvgIpc) is 3.43. The van der Waals surface area contributed by atoms with Crippen LogP contribution in [0.5, 0.6) is 11.5 Å². The van der Waals surface area contributed by atoms with Crippen molar-refractivity contribution in [3.05, 3.63) is 82.9 Å². The van der Waals surface area contributed by atoms with Crippen LogP contribution in [0, 0.1) is 18.3 Å². The second kappa shape index (κ2) is 13.3. The number of hydrogen-bond donors (Lipinski definition) is 4. The summed E-state index contributed by atoms with van der Waals surface area (Å²) in [6.07, 6.45) is 2.79. The summed E-state index contributed by atoms with van der Waals surface area (Å²) in [5.41, 5.74) is 1.06. The summed E-state index contributed by atoms with van der Waals surface area (Å²) in [5.74, 6) is 0.357. The third-order valence-corrected chi connectivity index (χ3v) is 9.27. The van der Waals surface area contributed by atoms with Crippen LogP contribution < -0.4 is 25.6 Å². The average molecular weight is 680 g/mol. The Morgan fingerprint density at radius 1 is 1.14 bits per heavy atom. The SMILES string of the molecule is Cc1cc(Oc2ccccc2)ccc1N1C(=O)Nc2c(C(=O)NC3CCCN(C(=O)/C(C#N)=C/C(C)(C)NC(=O)O)C3)sc3nccc1c23. The number of nitrogens with zero attached hydrogens (tertiary/aromatic N) is 4. The first-order chi connectivity index (χ1) is 23.4. The van der Waals surface area contributed by atoms with E-state index < -0.39 is 35.5 Å². The number of ether oxygens (including phenoxy) is 1. The van der Waals surface area contributed by atoms with E-state index in [9.17, 15) is 24.4 Å². The van der Waals surface area contributed by atoms with Gasteiger partial charge in [0.05, 0.1) is 28.0 Å². The zero-order valence-electron chi connectivity index (χ0n) is 26.9. The molecule has 2 aliphatic heterocycles. The third-order valence-electron chi connectivity index (χ3n) is 8.17. The summed E-state index contributed by atoms with van der Waals surface area (Å²) in [6.45, 7) is 5.51. The molecule has 2 aromatic heterocycles. The Labute approximate surface area is 285 Å². The van der Waals surface area contributed by atoms with Gasteiger partial charge in [-0.05, 0) is 81.7 Å². The van der Waals surface area contributed by atoms with Gasteiger partial charge in [0.2, 0.25) is 0 Å². The first-order valence-corrected chi connectivity index (χ1v) is 16.4. The van der Waals surface area contributed by atoms with Gasteiger partial charge in [0.1, 0.15) is 32.8 Å². The second-order valence-corrected chi connectivity index (χ2v) is 13.3. The van der Waals surface area contributed by atoms with Crippen LogP contribution in [0.4, 0.5) is 26.7 Å². The number of para-hydroxylation sites is 1. The lowest BCUT2D eigenvalue weighted by Gasteiger charge is -2.33. The molecule has 1 unspecified atom stereocenters. The smallest absolute Gasteiger partial charge is 0.405 e. The maximum atomic E-state index is 13.7. The van der Waals surface area contributed by atoms with Gasteiger partial charge < -0.3 is 30.7 Å². The lowest BCUT2D eigenvalue weighted by Crippen LogP contribution is -2.50. The van der Waals surface area contributed by atoms with E-state index >= 15 is 0 Å². The molecule has 0 radical (unpaired) electrons. The second-order valence-electron chi connectivity index (χ2n) is 12.3. The van der Waals surface area contributed by atoms with E-state index in [1.165, 1.54) is 11.0 Å². The van der Waals surface area contributed by atoms with Gasteiger partial charge in [0.15, 0.2) is 0 Å². The van der Waals surface area contributed by atoms with Gasteiger partial charge >= 0.3 is 12.1 Å². The Bertz CT molecular complexity index is 2050. The number of carbonyl (C=O) groups is 4. The van der Waals surface area contributed by atoms with Crippen LogP contribution in [0.1, 0.15) is 41.9 Å². The summed E-state index contributed by atoms with van der Waals surface area (Å²) < 4.78 is 5.97. The Morgan fingerprint density at radius 2 is 1.92 bits per heavy atom. The molecule has 4 N–H and O–H groups in total. The number of likely N-dealkylation sites (tertiary alicyclic amines) is 1. The number of aryl methyl sites for hydroxylation is 1. The van der Waals surface area contributed by atoms with Crippen molar-refractivity contribution in [3.8, 4) is 17.6 Å². The number of rotatable bonds is 8. The number of piperidine rings is 1. The summed E-state index contributed by atoms with van der Waals surface area (Å²) in [5, 5.41) is 27.6. The number of pyridine rings is 1. The lowest BCUT2D eigenvalue weighted by atomic mass is 9.99. The number of carboxylic acid groups (broad SMARTS) is 1. The lowest BCUT2D eigenvalue weighted by molar-refractivity contribution is -0.128. The van der Waals surface area contributed by atoms with Crippen LogP contribution in [0.2, 0.25) is 0 Å². The maximum absolute atomic E-state index is 13.7. The quantitative estimate of drug-likeness (QED) is 0.124. The number of thiophene rings is 1. The van der Waals surface area contributed by atoms with Gasteiger partial charge in [-0.25, -0.2) is 14.6 Å². The third kappa shape index (κ3) is 6.88. The number of carbonyl (C=O) groups excluding carboxylic acids is 3. The van der Waals surface area contributed by atoms with Crippen molar-refractivity contribution in [2.24, 2.45) is 0 Å². The van der Waals surface area contributed by atoms with Crippen LogP contribution in [-0.2, 0) is 4.79 Å². The highest BCUT2D eigenvalue weighted by atomic mass is 32.1. The van der Waals surface area contributed by atoms with Gasteiger partial charge in [-0.15, -0.1) is 11.3 Å². The number of anilines is 3. The first-order valence-electron chi connectivity index (χ1n) is 15.5. The van der Waals surface area contributed by atoms with Crippen molar-refractivity contribution in [2.75, 3.05) is 23.3 Å². The fourth-order valence-electron chi connectivity index (χ4n) is 6.07. The van der Waals surface area contributed by atoms with Gasteiger partial charge in [0, 0.05) is 25.3 Å². The highest BCUT2D eigenvalue weighted by Crippen LogP contribution is 2.46. The Balaban J connectivity index is 1.21. The predicted octanol–water partition coefficient (Wildman–Crippen LogP) is 6.30. The van der Waals surface area contributed by atoms with Crippen LogP contribution in [0.15, 0.2) is 72.4 Å². The predicted molar refractivity (Wildman–Crippen MR) is 184 cm³/mol. The van der Waals surface area contributed by atoms with E-state index in [1.807, 2.05) is 55.5 Å². The number of hydrogen-bond acceptors (Lipinski definition) is 8. The zero-order chi connectivity index (χ0) is 34.9. The van der Waals surface area contributed by atoms with E-state index in [0.717, 1.165) is 16.9 Å².